The van der Waals surface area contributed by atoms with Crippen LogP contribution in [0.5, 0.6) is 0 Å². The molecule has 0 bridgehead atoms. The second-order valence-corrected chi connectivity index (χ2v) is 5.99. The molecule has 1 N–H and O–H groups in total. The van der Waals surface area contributed by atoms with Gasteiger partial charge in [0, 0.05) is 12.4 Å². The van der Waals surface area contributed by atoms with Gasteiger partial charge in [0.05, 0.1) is 11.0 Å². The van der Waals surface area contributed by atoms with E-state index >= 15 is 0 Å². The van der Waals surface area contributed by atoms with Crippen LogP contribution in [0.4, 0.5) is 11.5 Å². The predicted octanol–water partition coefficient (Wildman–Crippen LogP) is 3.85. The molecule has 2 aromatic heterocycles. The molecule has 116 valence electrons. The molecular formula is C16H12BrClN4O. The highest BCUT2D eigenvalue weighted by molar-refractivity contribution is 9.10. The molecule has 0 saturated carbocycles. The third-order valence-corrected chi connectivity index (χ3v) is 3.95. The fraction of sp³-hybridized carbons (Fsp3) is 0.0625. The minimum absolute atomic E-state index is 0.108. The lowest BCUT2D eigenvalue weighted by molar-refractivity contribution is 0.761. The number of aromatic nitrogens is 3. The highest BCUT2D eigenvalue weighted by Crippen LogP contribution is 2.22. The zero-order valence-electron chi connectivity index (χ0n) is 11.9. The molecule has 5 nitrogen and oxygen atoms in total. The SMILES string of the molecule is O=c1c(Nc2nc(Cl)ncc2Br)cccn1Cc1ccccc1. The van der Waals surface area contributed by atoms with Crippen LogP contribution < -0.4 is 10.9 Å². The smallest absolute Gasteiger partial charge is 0.274 e. The molecule has 0 unspecified atom stereocenters. The quantitative estimate of drug-likeness (QED) is 0.686. The van der Waals surface area contributed by atoms with Gasteiger partial charge < -0.3 is 9.88 Å². The van der Waals surface area contributed by atoms with E-state index in [1.165, 1.54) is 6.20 Å². The number of nitrogens with one attached hydrogen (secondary N) is 1. The van der Waals surface area contributed by atoms with Crippen molar-refractivity contribution in [3.63, 3.8) is 0 Å². The van der Waals surface area contributed by atoms with Crippen LogP contribution in [0, 0.1) is 0 Å². The van der Waals surface area contributed by atoms with Crippen LogP contribution in [-0.4, -0.2) is 14.5 Å². The Bertz CT molecular complexity index is 883. The van der Waals surface area contributed by atoms with E-state index in [-0.39, 0.29) is 10.8 Å². The molecule has 1 aromatic carbocycles. The van der Waals surface area contributed by atoms with Crippen LogP contribution in [0.15, 0.2) is 64.1 Å². The zero-order chi connectivity index (χ0) is 16.2. The third kappa shape index (κ3) is 3.78. The van der Waals surface area contributed by atoms with Crippen molar-refractivity contribution < 1.29 is 0 Å². The fourth-order valence-corrected chi connectivity index (χ4v) is 2.52. The lowest BCUT2D eigenvalue weighted by Crippen LogP contribution is -2.22. The Morgan fingerprint density at radius 3 is 2.74 bits per heavy atom. The maximum absolute atomic E-state index is 12.6. The molecule has 2 heterocycles. The molecule has 0 amide bonds. The Morgan fingerprint density at radius 1 is 1.17 bits per heavy atom. The summed E-state index contributed by atoms with van der Waals surface area (Å²) in [4.78, 5) is 20.5. The second-order valence-electron chi connectivity index (χ2n) is 4.80. The summed E-state index contributed by atoms with van der Waals surface area (Å²) >= 11 is 9.12. The van der Waals surface area contributed by atoms with Gasteiger partial charge in [-0.25, -0.2) is 4.98 Å². The van der Waals surface area contributed by atoms with E-state index in [2.05, 4.69) is 31.2 Å². The summed E-state index contributed by atoms with van der Waals surface area (Å²) in [6.45, 7) is 0.501. The number of nitrogens with zero attached hydrogens (tertiary/aromatic N) is 3. The van der Waals surface area contributed by atoms with Crippen molar-refractivity contribution in [3.05, 3.63) is 80.5 Å². The highest BCUT2D eigenvalue weighted by atomic mass is 79.9. The maximum Gasteiger partial charge on any atom is 0.274 e. The van der Waals surface area contributed by atoms with E-state index in [1.807, 2.05) is 36.4 Å². The maximum atomic E-state index is 12.6. The Morgan fingerprint density at radius 2 is 1.96 bits per heavy atom. The van der Waals surface area contributed by atoms with E-state index in [4.69, 9.17) is 11.6 Å². The Hall–Kier alpha value is -2.18. The van der Waals surface area contributed by atoms with E-state index in [0.29, 0.717) is 22.5 Å². The molecule has 0 aliphatic heterocycles. The van der Waals surface area contributed by atoms with Crippen molar-refractivity contribution in [1.29, 1.82) is 0 Å². The summed E-state index contributed by atoms with van der Waals surface area (Å²) in [7, 11) is 0. The predicted molar refractivity (Wildman–Crippen MR) is 94.3 cm³/mol. The summed E-state index contributed by atoms with van der Waals surface area (Å²) < 4.78 is 2.26. The van der Waals surface area contributed by atoms with Gasteiger partial charge in [0.25, 0.3) is 5.56 Å². The van der Waals surface area contributed by atoms with Gasteiger partial charge in [-0.3, -0.25) is 4.79 Å². The summed E-state index contributed by atoms with van der Waals surface area (Å²) in [5.74, 6) is 0.444. The lowest BCUT2D eigenvalue weighted by Gasteiger charge is -2.10. The number of hydrogen-bond acceptors (Lipinski definition) is 4. The minimum Gasteiger partial charge on any atom is -0.335 e. The van der Waals surface area contributed by atoms with E-state index in [9.17, 15) is 4.79 Å². The molecule has 23 heavy (non-hydrogen) atoms. The third-order valence-electron chi connectivity index (χ3n) is 3.18. The second kappa shape index (κ2) is 6.93. The van der Waals surface area contributed by atoms with Gasteiger partial charge in [0.2, 0.25) is 5.28 Å². The average Bonchev–Trinajstić information content (AvgIpc) is 2.55. The van der Waals surface area contributed by atoms with Gasteiger partial charge in [-0.2, -0.15) is 4.98 Å². The van der Waals surface area contributed by atoms with E-state index < -0.39 is 0 Å². The summed E-state index contributed by atoms with van der Waals surface area (Å²) in [5.41, 5.74) is 1.33. The van der Waals surface area contributed by atoms with Crippen LogP contribution in [0.25, 0.3) is 0 Å². The van der Waals surface area contributed by atoms with Crippen molar-refractivity contribution in [2.75, 3.05) is 5.32 Å². The molecule has 0 radical (unpaired) electrons. The van der Waals surface area contributed by atoms with Gasteiger partial charge >= 0.3 is 0 Å². The van der Waals surface area contributed by atoms with E-state index in [0.717, 1.165) is 5.56 Å². The first-order valence-corrected chi connectivity index (χ1v) is 7.99. The topological polar surface area (TPSA) is 59.8 Å². The van der Waals surface area contributed by atoms with Crippen LogP contribution >= 0.6 is 27.5 Å². The molecule has 0 atom stereocenters. The number of pyridine rings is 1. The average molecular weight is 392 g/mol. The van der Waals surface area contributed by atoms with Gasteiger partial charge in [0.15, 0.2) is 0 Å². The number of benzene rings is 1. The highest BCUT2D eigenvalue weighted by Gasteiger charge is 2.08. The number of anilines is 2. The zero-order valence-corrected chi connectivity index (χ0v) is 14.3. The van der Waals surface area contributed by atoms with Gasteiger partial charge in [-0.1, -0.05) is 30.3 Å². The summed E-state index contributed by atoms with van der Waals surface area (Å²) in [5, 5.41) is 3.10. The molecule has 0 saturated heterocycles. The van der Waals surface area contributed by atoms with Crippen LogP contribution in [0.2, 0.25) is 5.28 Å². The van der Waals surface area contributed by atoms with Crippen molar-refractivity contribution in [3.8, 4) is 0 Å². The minimum atomic E-state index is -0.141. The largest absolute Gasteiger partial charge is 0.335 e. The van der Waals surface area contributed by atoms with Gasteiger partial charge in [0.1, 0.15) is 11.5 Å². The molecule has 3 aromatic rings. The first-order chi connectivity index (χ1) is 11.1. The van der Waals surface area contributed by atoms with Crippen molar-refractivity contribution in [1.82, 2.24) is 14.5 Å². The number of rotatable bonds is 4. The summed E-state index contributed by atoms with van der Waals surface area (Å²) in [6, 6.07) is 13.3. The molecule has 0 fully saturated rings. The fourth-order valence-electron chi connectivity index (χ4n) is 2.10. The Labute approximate surface area is 146 Å². The molecule has 7 heteroatoms. The molecule has 0 spiro atoms. The van der Waals surface area contributed by atoms with Crippen LogP contribution in [0.1, 0.15) is 5.56 Å². The Balaban J connectivity index is 1.91. The standard InChI is InChI=1S/C16H12BrClN4O/c17-12-9-19-16(18)21-14(12)20-13-7-4-8-22(15(13)23)10-11-5-2-1-3-6-11/h1-9H,10H2,(H,19,20,21). The Kier molecular flexibility index (Phi) is 4.73. The lowest BCUT2D eigenvalue weighted by atomic mass is 10.2. The first-order valence-electron chi connectivity index (χ1n) is 6.82. The van der Waals surface area contributed by atoms with Gasteiger partial charge in [-0.05, 0) is 45.2 Å². The molecule has 3 rings (SSSR count). The van der Waals surface area contributed by atoms with Crippen LogP contribution in [0.3, 0.4) is 0 Å². The van der Waals surface area contributed by atoms with Crippen molar-refractivity contribution in [2.24, 2.45) is 0 Å². The normalized spacial score (nSPS) is 10.5. The molecule has 0 aliphatic carbocycles. The monoisotopic (exact) mass is 390 g/mol. The van der Waals surface area contributed by atoms with Crippen LogP contribution in [-0.2, 0) is 6.54 Å². The molecular weight excluding hydrogens is 380 g/mol. The molecule has 0 aliphatic rings. The number of hydrogen-bond donors (Lipinski definition) is 1. The van der Waals surface area contributed by atoms with Crippen molar-refractivity contribution in [2.45, 2.75) is 6.54 Å². The first kappa shape index (κ1) is 15.7. The summed E-state index contributed by atoms with van der Waals surface area (Å²) in [6.07, 6.45) is 3.28. The van der Waals surface area contributed by atoms with Crippen molar-refractivity contribution >= 4 is 39.0 Å². The van der Waals surface area contributed by atoms with Gasteiger partial charge in [-0.15, -0.1) is 0 Å². The van der Waals surface area contributed by atoms with E-state index in [1.54, 1.807) is 16.8 Å². The number of halogens is 2.